The van der Waals surface area contributed by atoms with Crippen LogP contribution >= 0.6 is 0 Å². The van der Waals surface area contributed by atoms with Crippen LogP contribution in [0.25, 0.3) is 0 Å². The van der Waals surface area contributed by atoms with Gasteiger partial charge in [0.25, 0.3) is 0 Å². The molecule has 1 heterocycles. The summed E-state index contributed by atoms with van der Waals surface area (Å²) < 4.78 is 0. The molecule has 0 aliphatic carbocycles. The second-order valence-electron chi connectivity index (χ2n) is 3.51. The lowest BCUT2D eigenvalue weighted by Crippen LogP contribution is -2.00. The van der Waals surface area contributed by atoms with Gasteiger partial charge in [-0.25, -0.2) is 0 Å². The highest BCUT2D eigenvalue weighted by Crippen LogP contribution is 2.07. The van der Waals surface area contributed by atoms with E-state index in [4.69, 9.17) is 0 Å². The lowest BCUT2D eigenvalue weighted by molar-refractivity contribution is -0.114. The zero-order chi connectivity index (χ0) is 11.1. The summed E-state index contributed by atoms with van der Waals surface area (Å²) in [6.45, 7) is 4.15. The monoisotopic (exact) mass is 203 g/mol. The van der Waals surface area contributed by atoms with E-state index < -0.39 is 0 Å². The van der Waals surface area contributed by atoms with Crippen molar-refractivity contribution in [1.29, 1.82) is 0 Å². The van der Waals surface area contributed by atoms with E-state index in [0.29, 0.717) is 6.42 Å². The molecule has 80 valence electrons. The molecule has 0 aliphatic heterocycles. The first-order valence-corrected chi connectivity index (χ1v) is 5.37. The zero-order valence-electron chi connectivity index (χ0n) is 9.36. The van der Waals surface area contributed by atoms with Crippen LogP contribution in [0.4, 0.5) is 0 Å². The molecule has 1 aromatic heterocycles. The van der Waals surface area contributed by atoms with Crippen molar-refractivity contribution in [3.05, 3.63) is 41.7 Å². The van der Waals surface area contributed by atoms with E-state index in [9.17, 15) is 4.79 Å². The molecule has 0 saturated carbocycles. The molecule has 0 N–H and O–H groups in total. The minimum Gasteiger partial charge on any atom is -0.294 e. The van der Waals surface area contributed by atoms with Gasteiger partial charge in [0.1, 0.15) is 0 Å². The van der Waals surface area contributed by atoms with Gasteiger partial charge in [-0.15, -0.1) is 0 Å². The Morgan fingerprint density at radius 2 is 2.13 bits per heavy atom. The molecule has 0 bridgehead atoms. The number of carbonyl (C=O) groups is 1. The van der Waals surface area contributed by atoms with Gasteiger partial charge in [-0.1, -0.05) is 25.5 Å². The number of carbonyl (C=O) groups excluding carboxylic acids is 1. The maximum Gasteiger partial charge on any atom is 0.160 e. The first-order valence-electron chi connectivity index (χ1n) is 5.37. The van der Waals surface area contributed by atoms with Crippen molar-refractivity contribution in [2.45, 2.75) is 33.1 Å². The van der Waals surface area contributed by atoms with Crippen molar-refractivity contribution in [2.75, 3.05) is 0 Å². The van der Waals surface area contributed by atoms with E-state index in [1.165, 1.54) is 5.57 Å². The van der Waals surface area contributed by atoms with Crippen LogP contribution in [0.15, 0.2) is 36.2 Å². The van der Waals surface area contributed by atoms with Crippen LogP contribution < -0.4 is 0 Å². The van der Waals surface area contributed by atoms with Gasteiger partial charge in [0.2, 0.25) is 0 Å². The van der Waals surface area contributed by atoms with E-state index in [2.05, 4.69) is 18.8 Å². The van der Waals surface area contributed by atoms with E-state index in [1.807, 2.05) is 12.1 Å². The number of aromatic nitrogens is 1. The number of nitrogens with zero attached hydrogens (tertiary/aromatic N) is 1. The minimum atomic E-state index is 0.168. The van der Waals surface area contributed by atoms with Gasteiger partial charge in [0, 0.05) is 18.8 Å². The maximum absolute atomic E-state index is 11.6. The lowest BCUT2D eigenvalue weighted by Gasteiger charge is -2.00. The average molecular weight is 203 g/mol. The molecular weight excluding hydrogens is 186 g/mol. The molecule has 0 atom stereocenters. The summed E-state index contributed by atoms with van der Waals surface area (Å²) in [6.07, 6.45) is 7.59. The van der Waals surface area contributed by atoms with E-state index in [1.54, 1.807) is 18.5 Å². The van der Waals surface area contributed by atoms with E-state index in [0.717, 1.165) is 18.4 Å². The van der Waals surface area contributed by atoms with Crippen molar-refractivity contribution in [3.63, 3.8) is 0 Å². The number of hydrogen-bond donors (Lipinski definition) is 0. The molecule has 0 fully saturated rings. The summed E-state index contributed by atoms with van der Waals surface area (Å²) in [6, 6.07) is 3.78. The Morgan fingerprint density at radius 1 is 1.40 bits per heavy atom. The van der Waals surface area contributed by atoms with Crippen molar-refractivity contribution in [1.82, 2.24) is 4.98 Å². The van der Waals surface area contributed by atoms with Crippen LogP contribution in [-0.2, 0) is 11.2 Å². The Balaban J connectivity index is 2.60. The third-order valence-electron chi connectivity index (χ3n) is 2.37. The van der Waals surface area contributed by atoms with Crippen LogP contribution in [0.1, 0.15) is 32.3 Å². The van der Waals surface area contributed by atoms with Gasteiger partial charge < -0.3 is 0 Å². The summed E-state index contributed by atoms with van der Waals surface area (Å²) in [5.74, 6) is 0.168. The molecule has 2 heteroatoms. The molecule has 0 radical (unpaired) electrons. The molecular formula is C13H17NO. The number of ketones is 1. The van der Waals surface area contributed by atoms with Crippen molar-refractivity contribution in [3.8, 4) is 0 Å². The molecule has 0 saturated heterocycles. The topological polar surface area (TPSA) is 30.0 Å². The SMILES string of the molecule is CCC(=CC(=O)Cc1cccnc1)CC. The lowest BCUT2D eigenvalue weighted by atomic mass is 10.1. The third kappa shape index (κ3) is 4.07. The first kappa shape index (κ1) is 11.6. The summed E-state index contributed by atoms with van der Waals surface area (Å²) in [5, 5.41) is 0. The van der Waals surface area contributed by atoms with Crippen LogP contribution in [0, 0.1) is 0 Å². The fraction of sp³-hybridized carbons (Fsp3) is 0.385. The molecule has 0 aliphatic rings. The molecule has 0 amide bonds. The van der Waals surface area contributed by atoms with Crippen LogP contribution in [-0.4, -0.2) is 10.8 Å². The molecule has 0 aromatic carbocycles. The summed E-state index contributed by atoms with van der Waals surface area (Å²) >= 11 is 0. The highest BCUT2D eigenvalue weighted by molar-refractivity contribution is 5.91. The van der Waals surface area contributed by atoms with Gasteiger partial charge >= 0.3 is 0 Å². The number of rotatable bonds is 5. The van der Waals surface area contributed by atoms with Gasteiger partial charge in [0.15, 0.2) is 5.78 Å². The predicted octanol–water partition coefficient (Wildman–Crippen LogP) is 2.94. The van der Waals surface area contributed by atoms with E-state index >= 15 is 0 Å². The fourth-order valence-electron chi connectivity index (χ4n) is 1.44. The quantitative estimate of drug-likeness (QED) is 0.689. The van der Waals surface area contributed by atoms with Crippen molar-refractivity contribution < 1.29 is 4.79 Å². The van der Waals surface area contributed by atoms with Crippen LogP contribution in [0.3, 0.4) is 0 Å². The minimum absolute atomic E-state index is 0.168. The second-order valence-corrected chi connectivity index (χ2v) is 3.51. The normalized spacial score (nSPS) is 9.73. The Morgan fingerprint density at radius 3 is 2.67 bits per heavy atom. The molecule has 1 rings (SSSR count). The second kappa shape index (κ2) is 6.12. The Hall–Kier alpha value is -1.44. The number of pyridine rings is 1. The van der Waals surface area contributed by atoms with Gasteiger partial charge in [-0.3, -0.25) is 9.78 Å². The number of hydrogen-bond acceptors (Lipinski definition) is 2. The Bertz CT molecular complexity index is 335. The maximum atomic E-state index is 11.6. The smallest absolute Gasteiger partial charge is 0.160 e. The van der Waals surface area contributed by atoms with Gasteiger partial charge in [0.05, 0.1) is 0 Å². The average Bonchev–Trinajstić information content (AvgIpc) is 2.27. The third-order valence-corrected chi connectivity index (χ3v) is 2.37. The van der Waals surface area contributed by atoms with Gasteiger partial charge in [-0.2, -0.15) is 0 Å². The molecule has 15 heavy (non-hydrogen) atoms. The van der Waals surface area contributed by atoms with Crippen molar-refractivity contribution >= 4 is 5.78 Å². The van der Waals surface area contributed by atoms with E-state index in [-0.39, 0.29) is 5.78 Å². The first-order chi connectivity index (χ1) is 7.26. The largest absolute Gasteiger partial charge is 0.294 e. The molecule has 1 aromatic rings. The summed E-state index contributed by atoms with van der Waals surface area (Å²) in [4.78, 5) is 15.6. The Kier molecular flexibility index (Phi) is 4.75. The molecule has 0 spiro atoms. The van der Waals surface area contributed by atoms with Crippen molar-refractivity contribution in [2.24, 2.45) is 0 Å². The highest BCUT2D eigenvalue weighted by atomic mass is 16.1. The zero-order valence-corrected chi connectivity index (χ0v) is 9.36. The fourth-order valence-corrected chi connectivity index (χ4v) is 1.44. The number of allylic oxidation sites excluding steroid dienone is 2. The van der Waals surface area contributed by atoms with Gasteiger partial charge in [-0.05, 0) is 30.5 Å². The highest BCUT2D eigenvalue weighted by Gasteiger charge is 2.01. The predicted molar refractivity (Wildman–Crippen MR) is 61.6 cm³/mol. The summed E-state index contributed by atoms with van der Waals surface area (Å²) in [7, 11) is 0. The molecule has 2 nitrogen and oxygen atoms in total. The van der Waals surface area contributed by atoms with Crippen LogP contribution in [0.5, 0.6) is 0 Å². The molecule has 0 unspecified atom stereocenters. The standard InChI is InChI=1S/C13H17NO/c1-3-11(4-2)8-13(15)9-12-6-5-7-14-10-12/h5-8,10H,3-4,9H2,1-2H3. The van der Waals surface area contributed by atoms with Crippen LogP contribution in [0.2, 0.25) is 0 Å². The summed E-state index contributed by atoms with van der Waals surface area (Å²) in [5.41, 5.74) is 2.19. The Labute approximate surface area is 91.0 Å².